The zero-order chi connectivity index (χ0) is 10.8. The standard InChI is InChI=1S/C14H26/c1-6-7-9-12-10-8-11-13(2,3)14(12,4)5/h12H,6-10H2,1-5H3. The fourth-order valence-corrected chi connectivity index (χ4v) is 2.61. The van der Waals surface area contributed by atoms with Gasteiger partial charge >= 0.3 is 0 Å². The highest BCUT2D eigenvalue weighted by molar-refractivity contribution is 5.03. The van der Waals surface area contributed by atoms with Crippen LogP contribution in [0.4, 0.5) is 0 Å². The summed E-state index contributed by atoms with van der Waals surface area (Å²) >= 11 is 0. The Morgan fingerprint density at radius 1 is 1.21 bits per heavy atom. The summed E-state index contributed by atoms with van der Waals surface area (Å²) in [6.07, 6.45) is 10.3. The van der Waals surface area contributed by atoms with Crippen molar-refractivity contribution in [2.24, 2.45) is 16.7 Å². The van der Waals surface area contributed by atoms with Crippen LogP contribution in [-0.2, 0) is 0 Å². The second-order valence-electron chi connectivity index (χ2n) is 5.90. The van der Waals surface area contributed by atoms with E-state index in [1.54, 1.807) is 0 Å². The van der Waals surface area contributed by atoms with Gasteiger partial charge in [-0.25, -0.2) is 0 Å². The highest BCUT2D eigenvalue weighted by Crippen LogP contribution is 2.53. The molecule has 1 aliphatic carbocycles. The first kappa shape index (κ1) is 12.1. The summed E-state index contributed by atoms with van der Waals surface area (Å²) < 4.78 is 0. The smallest absolute Gasteiger partial charge is 0.0106 e. The van der Waals surface area contributed by atoms with Gasteiger partial charge in [-0.15, -0.1) is 0 Å². The minimum absolute atomic E-state index is 0.295. The van der Waals surface area contributed by atoms with Gasteiger partial charge in [0.2, 0.25) is 0 Å². The fraction of sp³-hybridized carbons (Fsp3) is 0.929. The molecule has 1 atom stereocenters. The van der Waals surface area contributed by atoms with Crippen molar-refractivity contribution in [1.82, 2.24) is 0 Å². The van der Waals surface area contributed by atoms with Gasteiger partial charge in [0.1, 0.15) is 0 Å². The zero-order valence-electron chi connectivity index (χ0n) is 10.6. The van der Waals surface area contributed by atoms with Gasteiger partial charge in [0.15, 0.2) is 0 Å². The van der Waals surface area contributed by atoms with E-state index in [-0.39, 0.29) is 0 Å². The maximum atomic E-state index is 3.66. The van der Waals surface area contributed by atoms with E-state index in [0.29, 0.717) is 10.8 Å². The summed E-state index contributed by atoms with van der Waals surface area (Å²) in [4.78, 5) is 0. The number of hydrogen-bond acceptors (Lipinski definition) is 0. The van der Waals surface area contributed by atoms with Gasteiger partial charge in [-0.2, -0.15) is 0 Å². The first-order valence-electron chi connectivity index (χ1n) is 6.17. The Balaban J connectivity index is 2.66. The molecule has 0 heterocycles. The van der Waals surface area contributed by atoms with E-state index in [1.165, 1.54) is 32.1 Å². The van der Waals surface area contributed by atoms with Crippen molar-refractivity contribution >= 4 is 0 Å². The molecule has 1 saturated carbocycles. The van der Waals surface area contributed by atoms with Crippen LogP contribution in [0.3, 0.4) is 0 Å². The van der Waals surface area contributed by atoms with Gasteiger partial charge in [0.05, 0.1) is 0 Å². The molecule has 0 amide bonds. The third-order valence-electron chi connectivity index (χ3n) is 4.60. The van der Waals surface area contributed by atoms with Crippen molar-refractivity contribution in [3.05, 3.63) is 6.42 Å². The van der Waals surface area contributed by atoms with Gasteiger partial charge in [-0.05, 0) is 42.4 Å². The lowest BCUT2D eigenvalue weighted by atomic mass is 9.54. The molecule has 0 aliphatic heterocycles. The van der Waals surface area contributed by atoms with Crippen molar-refractivity contribution in [2.75, 3.05) is 0 Å². The van der Waals surface area contributed by atoms with Crippen LogP contribution in [-0.4, -0.2) is 0 Å². The second-order valence-corrected chi connectivity index (χ2v) is 5.90. The lowest BCUT2D eigenvalue weighted by Gasteiger charge is -2.51. The Labute approximate surface area is 90.5 Å². The third-order valence-corrected chi connectivity index (χ3v) is 4.60. The lowest BCUT2D eigenvalue weighted by molar-refractivity contribution is 0.0247. The molecule has 0 aromatic rings. The second kappa shape index (κ2) is 4.24. The summed E-state index contributed by atoms with van der Waals surface area (Å²) in [6, 6.07) is 0. The van der Waals surface area contributed by atoms with E-state index in [4.69, 9.17) is 0 Å². The molecule has 0 aromatic carbocycles. The molecular weight excluding hydrogens is 168 g/mol. The zero-order valence-corrected chi connectivity index (χ0v) is 10.6. The summed E-state index contributed by atoms with van der Waals surface area (Å²) in [5.41, 5.74) is 0.726. The normalized spacial score (nSPS) is 30.2. The lowest BCUT2D eigenvalue weighted by Crippen LogP contribution is -2.42. The van der Waals surface area contributed by atoms with Crippen LogP contribution in [0.5, 0.6) is 0 Å². The predicted molar refractivity (Wildman–Crippen MR) is 63.1 cm³/mol. The first-order valence-corrected chi connectivity index (χ1v) is 6.17. The molecule has 0 bridgehead atoms. The number of hydrogen-bond donors (Lipinski definition) is 0. The maximum absolute atomic E-state index is 3.66. The quantitative estimate of drug-likeness (QED) is 0.610. The van der Waals surface area contributed by atoms with Crippen LogP contribution in [0.2, 0.25) is 0 Å². The minimum Gasteiger partial charge on any atom is -0.0654 e. The van der Waals surface area contributed by atoms with Crippen molar-refractivity contribution in [1.29, 1.82) is 0 Å². The van der Waals surface area contributed by atoms with Gasteiger partial charge in [0, 0.05) is 0 Å². The Morgan fingerprint density at radius 3 is 2.43 bits per heavy atom. The van der Waals surface area contributed by atoms with Crippen molar-refractivity contribution in [3.63, 3.8) is 0 Å². The van der Waals surface area contributed by atoms with E-state index in [2.05, 4.69) is 41.0 Å². The minimum atomic E-state index is 0.295. The van der Waals surface area contributed by atoms with Crippen molar-refractivity contribution in [3.8, 4) is 0 Å². The average Bonchev–Trinajstić information content (AvgIpc) is 2.08. The Kier molecular flexibility index (Phi) is 3.66. The summed E-state index contributed by atoms with van der Waals surface area (Å²) in [5, 5.41) is 0. The van der Waals surface area contributed by atoms with Crippen LogP contribution in [0, 0.1) is 23.2 Å². The Morgan fingerprint density at radius 2 is 1.86 bits per heavy atom. The molecule has 0 aromatic heterocycles. The Bertz CT molecular complexity index is 176. The number of rotatable bonds is 3. The van der Waals surface area contributed by atoms with Crippen LogP contribution in [0.15, 0.2) is 0 Å². The summed E-state index contributed by atoms with van der Waals surface area (Å²) in [7, 11) is 0. The maximum Gasteiger partial charge on any atom is -0.0106 e. The molecule has 1 fully saturated rings. The van der Waals surface area contributed by atoms with Crippen LogP contribution >= 0.6 is 0 Å². The largest absolute Gasteiger partial charge is 0.0654 e. The van der Waals surface area contributed by atoms with Crippen LogP contribution in [0.1, 0.15) is 66.7 Å². The number of unbranched alkanes of at least 4 members (excludes halogenated alkanes) is 1. The molecule has 0 saturated heterocycles. The van der Waals surface area contributed by atoms with E-state index >= 15 is 0 Å². The highest BCUT2D eigenvalue weighted by atomic mass is 14.5. The molecule has 82 valence electrons. The first-order chi connectivity index (χ1) is 6.42. The SMILES string of the molecule is CCCCC1CC[C]C(C)(C)C1(C)C. The van der Waals surface area contributed by atoms with Gasteiger partial charge in [-0.1, -0.05) is 47.5 Å². The molecule has 1 rings (SSSR count). The van der Waals surface area contributed by atoms with Crippen LogP contribution in [0.25, 0.3) is 0 Å². The molecule has 2 radical (unpaired) electrons. The average molecular weight is 194 g/mol. The third kappa shape index (κ3) is 2.15. The summed E-state index contributed by atoms with van der Waals surface area (Å²) in [5.74, 6) is 0.902. The molecule has 1 aliphatic rings. The molecule has 14 heavy (non-hydrogen) atoms. The monoisotopic (exact) mass is 194 g/mol. The van der Waals surface area contributed by atoms with E-state index in [1.807, 2.05) is 0 Å². The predicted octanol–water partition coefficient (Wildman–Crippen LogP) is 4.72. The van der Waals surface area contributed by atoms with Gasteiger partial charge in [-0.3, -0.25) is 0 Å². The highest BCUT2D eigenvalue weighted by Gasteiger charge is 2.45. The molecule has 0 N–H and O–H groups in total. The summed E-state index contributed by atoms with van der Waals surface area (Å²) in [6.45, 7) is 11.9. The van der Waals surface area contributed by atoms with E-state index in [0.717, 1.165) is 5.92 Å². The van der Waals surface area contributed by atoms with E-state index in [9.17, 15) is 0 Å². The topological polar surface area (TPSA) is 0 Å². The van der Waals surface area contributed by atoms with E-state index < -0.39 is 0 Å². The van der Waals surface area contributed by atoms with Gasteiger partial charge in [0.25, 0.3) is 0 Å². The molecule has 0 spiro atoms. The van der Waals surface area contributed by atoms with Crippen molar-refractivity contribution in [2.45, 2.75) is 66.7 Å². The molecule has 0 nitrogen and oxygen atoms in total. The molecule has 0 heteroatoms. The molecule has 1 unspecified atom stereocenters. The fourth-order valence-electron chi connectivity index (χ4n) is 2.61. The van der Waals surface area contributed by atoms with Crippen LogP contribution < -0.4 is 0 Å². The molecular formula is C14H26. The van der Waals surface area contributed by atoms with Gasteiger partial charge < -0.3 is 0 Å². The Hall–Kier alpha value is 0. The van der Waals surface area contributed by atoms with Crippen molar-refractivity contribution < 1.29 is 0 Å².